The van der Waals surface area contributed by atoms with E-state index in [0.717, 1.165) is 66.5 Å². The average Bonchev–Trinajstić information content (AvgIpc) is 3.60. The smallest absolute Gasteiger partial charge is 0.698 e. The molecule has 0 saturated heterocycles. The van der Waals surface area contributed by atoms with Crippen LogP contribution in [0.5, 0.6) is 0 Å². The van der Waals surface area contributed by atoms with Crippen LogP contribution in [0, 0.1) is 0 Å². The largest absolute Gasteiger partial charge is 3.00 e. The summed E-state index contributed by atoms with van der Waals surface area (Å²) in [7, 11) is 5.01. The van der Waals surface area contributed by atoms with E-state index in [9.17, 15) is 0 Å². The molecule has 0 bridgehead atoms. The molecule has 58 heavy (non-hydrogen) atoms. The molecule has 0 aliphatic carbocycles. The van der Waals surface area contributed by atoms with Crippen LogP contribution < -0.4 is 10.4 Å². The molecule has 0 spiro atoms. The van der Waals surface area contributed by atoms with E-state index in [2.05, 4.69) is 197 Å². The number of nitrogens with zero attached hydrogens (tertiary/aromatic N) is 6. The van der Waals surface area contributed by atoms with E-state index in [1.165, 1.54) is 27.6 Å². The molecule has 314 valence electrons. The number of aromatic nitrogens is 2. The van der Waals surface area contributed by atoms with Gasteiger partial charge in [0.2, 0.25) is 0 Å². The number of rotatable bonds is 16. The first kappa shape index (κ1) is 52.9. The Bertz CT molecular complexity index is 1770. The number of para-hydroxylation sites is 1. The van der Waals surface area contributed by atoms with Crippen molar-refractivity contribution in [2.75, 3.05) is 47.3 Å². The summed E-state index contributed by atoms with van der Waals surface area (Å²) in [6.07, 6.45) is 4.97. The van der Waals surface area contributed by atoms with Gasteiger partial charge in [0.25, 0.3) is 0 Å². The molecule has 4 rings (SSSR count). The fraction of sp³-hybridized carbons (Fsp3) is 0.510. The van der Waals surface area contributed by atoms with Gasteiger partial charge in [-0.3, -0.25) is 4.99 Å². The number of nitrogens with one attached hydrogen (secondary N) is 1. The monoisotopic (exact) mass is 836 g/mol. The second-order valence-corrected chi connectivity index (χ2v) is 22.8. The van der Waals surface area contributed by atoms with Crippen molar-refractivity contribution in [3.05, 3.63) is 129 Å². The van der Waals surface area contributed by atoms with Crippen LogP contribution >= 0.6 is 0 Å². The van der Waals surface area contributed by atoms with Gasteiger partial charge >= 0.3 is 25.8 Å². The summed E-state index contributed by atoms with van der Waals surface area (Å²) in [6, 6.07) is 23.2. The summed E-state index contributed by atoms with van der Waals surface area (Å²) in [6.45, 7) is 32.5. The molecule has 1 heterocycles. The Labute approximate surface area is 374 Å². The number of likely N-dealkylation sites (N-methyl/N-ethyl adjacent to an activating group) is 2. The van der Waals surface area contributed by atoms with Crippen LogP contribution in [0.15, 0.2) is 89.7 Å². The Morgan fingerprint density at radius 2 is 1.24 bits per heavy atom. The van der Waals surface area contributed by atoms with E-state index >= 15 is 0 Å². The first-order valence-electron chi connectivity index (χ1n) is 21.0. The molecule has 4 aromatic rings. The SMILES string of the molecule is CC(/C=C(/C)[N-]CCN(C)CCN(C)C)=Nc1c(C(C)C)cccc1C(C)C.CC(C)c1cccc(C(C)C)c1[NH-].C[Si](C)(C)c1n[n-]cc1Cc1ccccc1.[Sc+3]. The fourth-order valence-corrected chi connectivity index (χ4v) is 7.96. The molecule has 0 atom stereocenters. The average molecular weight is 836 g/mol. The number of hydrogen-bond acceptors (Lipinski definition) is 4. The van der Waals surface area contributed by atoms with Gasteiger partial charge in [-0.25, -0.2) is 0 Å². The van der Waals surface area contributed by atoms with Crippen LogP contribution in [-0.2, 0) is 32.3 Å². The first-order chi connectivity index (χ1) is 26.7. The third-order valence-electron chi connectivity index (χ3n) is 9.82. The van der Waals surface area contributed by atoms with Crippen molar-refractivity contribution >= 4 is 30.5 Å². The van der Waals surface area contributed by atoms with Gasteiger partial charge in [0.15, 0.2) is 0 Å². The Morgan fingerprint density at radius 3 is 1.71 bits per heavy atom. The minimum absolute atomic E-state index is 0. The van der Waals surface area contributed by atoms with Crippen molar-refractivity contribution in [3.8, 4) is 0 Å². The van der Waals surface area contributed by atoms with Gasteiger partial charge in [0.1, 0.15) is 0 Å². The maximum atomic E-state index is 8.01. The number of benzene rings is 3. The van der Waals surface area contributed by atoms with Gasteiger partial charge in [0.05, 0.1) is 13.8 Å². The normalized spacial score (nSPS) is 12.2. The van der Waals surface area contributed by atoms with Crippen molar-refractivity contribution in [1.82, 2.24) is 20.0 Å². The van der Waals surface area contributed by atoms with Crippen molar-refractivity contribution in [2.45, 2.75) is 119 Å². The van der Waals surface area contributed by atoms with Crippen molar-refractivity contribution in [3.63, 3.8) is 0 Å². The van der Waals surface area contributed by atoms with Gasteiger partial charge in [-0.2, -0.15) is 11.9 Å². The Kier molecular flexibility index (Phi) is 23.9. The summed E-state index contributed by atoms with van der Waals surface area (Å²) in [5.74, 6) is 1.81. The molecule has 0 aliphatic rings. The zero-order valence-electron chi connectivity index (χ0n) is 39.1. The van der Waals surface area contributed by atoms with Gasteiger partial charge in [-0.15, -0.1) is 12.2 Å². The van der Waals surface area contributed by atoms with Crippen molar-refractivity contribution < 1.29 is 25.8 Å². The van der Waals surface area contributed by atoms with E-state index < -0.39 is 8.07 Å². The third-order valence-corrected chi connectivity index (χ3v) is 11.7. The van der Waals surface area contributed by atoms with Crippen molar-refractivity contribution in [2.24, 2.45) is 4.99 Å². The van der Waals surface area contributed by atoms with Gasteiger partial charge in [-0.1, -0.05) is 166 Å². The number of allylic oxidation sites excluding steroid dienone is 2. The Balaban J connectivity index is 0.000000472. The zero-order chi connectivity index (χ0) is 42.9. The first-order valence-corrected chi connectivity index (χ1v) is 24.5. The summed E-state index contributed by atoms with van der Waals surface area (Å²) < 4.78 is 0. The molecule has 0 aliphatic heterocycles. The maximum Gasteiger partial charge on any atom is 3.00 e. The predicted molar refractivity (Wildman–Crippen MR) is 254 cm³/mol. The molecule has 3 aromatic carbocycles. The molecule has 0 fully saturated rings. The van der Waals surface area contributed by atoms with Gasteiger partial charge in [-0.05, 0) is 87.0 Å². The van der Waals surface area contributed by atoms with Crippen molar-refractivity contribution in [1.29, 1.82) is 0 Å². The summed E-state index contributed by atoms with van der Waals surface area (Å²) in [4.78, 5) is 9.53. The molecule has 9 heteroatoms. The van der Waals surface area contributed by atoms with Crippen LogP contribution in [0.4, 0.5) is 11.4 Å². The van der Waals surface area contributed by atoms with Crippen LogP contribution in [-0.4, -0.2) is 76.0 Å². The van der Waals surface area contributed by atoms with E-state index in [4.69, 9.17) is 16.0 Å². The summed E-state index contributed by atoms with van der Waals surface area (Å²) in [5.41, 5.74) is 19.5. The fourth-order valence-electron chi connectivity index (χ4n) is 6.49. The molecule has 0 saturated carbocycles. The van der Waals surface area contributed by atoms with Crippen LogP contribution in [0.3, 0.4) is 0 Å². The molecule has 0 unspecified atom stereocenters. The summed E-state index contributed by atoms with van der Waals surface area (Å²) in [5, 5.41) is 14.3. The molecule has 0 amide bonds. The van der Waals surface area contributed by atoms with Crippen LogP contribution in [0.25, 0.3) is 11.1 Å². The van der Waals surface area contributed by atoms with E-state index in [1.807, 2.05) is 12.3 Å². The molecule has 1 aromatic heterocycles. The van der Waals surface area contributed by atoms with E-state index in [1.54, 1.807) is 0 Å². The number of aliphatic imine (C=N–C) groups is 1. The number of hydrogen-bond donors (Lipinski definition) is 0. The zero-order valence-corrected chi connectivity index (χ0v) is 41.9. The molecule has 7 nitrogen and oxygen atoms in total. The quantitative estimate of drug-likeness (QED) is 0.0831. The van der Waals surface area contributed by atoms with Gasteiger partial charge in [0, 0.05) is 24.1 Å². The van der Waals surface area contributed by atoms with Gasteiger partial charge < -0.3 is 31.0 Å². The molecule has 1 N–H and O–H groups in total. The topological polar surface area (TPSA) is 83.7 Å². The minimum atomic E-state index is -1.35. The molecular formula is C49H76N7ScSi. The van der Waals surface area contributed by atoms with Crippen LogP contribution in [0.1, 0.15) is 126 Å². The standard InChI is InChI=1S/C24H41N4.C13H17N2Si.C12H18N.Sc/c1-18(2)22-11-10-12-23(19(3)4)24(22)26-21(6)17-20(5)25-13-14-28(9)16-15-27(7)8;1-16(2,3)13-12(10-14-15-13)9-11-7-5-4-6-8-11;1-8(2)10-6-5-7-11(9(3)4)12(10)13;/h10-12,17-19H,13-16H2,1-9H3;4-8,10H,9H2,1-3H3;5-9,13H,1-4H3;/q3*-1;+3/b20-17-,26-21?;;;. The predicted octanol–water partition coefficient (Wildman–Crippen LogP) is 12.6. The third kappa shape index (κ3) is 18.4. The summed E-state index contributed by atoms with van der Waals surface area (Å²) >= 11 is 0. The Morgan fingerprint density at radius 1 is 0.741 bits per heavy atom. The Hall–Kier alpha value is -3.11. The maximum absolute atomic E-state index is 8.01. The van der Waals surface area contributed by atoms with E-state index in [0.29, 0.717) is 23.7 Å². The van der Waals surface area contributed by atoms with E-state index in [-0.39, 0.29) is 25.8 Å². The minimum Gasteiger partial charge on any atom is -0.698 e. The molecule has 0 radical (unpaired) electrons. The van der Waals surface area contributed by atoms with Crippen LogP contribution in [0.2, 0.25) is 19.6 Å². The second kappa shape index (κ2) is 26.2. The molecular weight excluding hydrogens is 760 g/mol. The second-order valence-electron chi connectivity index (χ2n) is 17.9.